The van der Waals surface area contributed by atoms with E-state index in [-0.39, 0.29) is 11.7 Å². The SMILES string of the molecule is [B]c1cccc(F)c1CCl. The zero-order chi connectivity index (χ0) is 7.56. The number of hydrogen-bond acceptors (Lipinski definition) is 0. The predicted molar refractivity (Wildman–Crippen MR) is 41.3 cm³/mol. The molecule has 0 nitrogen and oxygen atoms in total. The second kappa shape index (κ2) is 3.06. The Morgan fingerprint density at radius 3 is 2.60 bits per heavy atom. The van der Waals surface area contributed by atoms with Gasteiger partial charge in [-0.25, -0.2) is 4.39 Å². The zero-order valence-electron chi connectivity index (χ0n) is 5.27. The largest absolute Gasteiger partial charge is 0.207 e. The van der Waals surface area contributed by atoms with E-state index in [1.54, 1.807) is 12.1 Å². The molecule has 0 aliphatic heterocycles. The summed E-state index contributed by atoms with van der Waals surface area (Å²) in [7, 11) is 5.41. The van der Waals surface area contributed by atoms with Gasteiger partial charge >= 0.3 is 0 Å². The fraction of sp³-hybridized carbons (Fsp3) is 0.143. The lowest BCUT2D eigenvalue weighted by Gasteiger charge is -2.01. The van der Waals surface area contributed by atoms with Crippen molar-refractivity contribution in [3.05, 3.63) is 29.6 Å². The Morgan fingerprint density at radius 2 is 2.20 bits per heavy atom. The Bertz CT molecular complexity index is 217. The van der Waals surface area contributed by atoms with Crippen LogP contribution in [0.25, 0.3) is 0 Å². The lowest BCUT2D eigenvalue weighted by atomic mass is 9.91. The van der Waals surface area contributed by atoms with Gasteiger partial charge in [-0.3, -0.25) is 0 Å². The van der Waals surface area contributed by atoms with Gasteiger partial charge in [0.1, 0.15) is 13.7 Å². The van der Waals surface area contributed by atoms with Crippen LogP contribution < -0.4 is 5.46 Å². The first kappa shape index (κ1) is 7.61. The van der Waals surface area contributed by atoms with Crippen molar-refractivity contribution >= 4 is 24.9 Å². The fourth-order valence-corrected chi connectivity index (χ4v) is 0.998. The molecule has 0 aliphatic carbocycles. The van der Waals surface area contributed by atoms with Crippen molar-refractivity contribution in [3.8, 4) is 0 Å². The molecule has 50 valence electrons. The molecule has 0 atom stereocenters. The van der Waals surface area contributed by atoms with Crippen molar-refractivity contribution in [2.45, 2.75) is 5.88 Å². The minimum absolute atomic E-state index is 0.124. The highest BCUT2D eigenvalue weighted by molar-refractivity contribution is 6.34. The van der Waals surface area contributed by atoms with Gasteiger partial charge in [0, 0.05) is 5.88 Å². The van der Waals surface area contributed by atoms with Crippen molar-refractivity contribution < 1.29 is 4.39 Å². The molecular weight excluding hydrogens is 149 g/mol. The summed E-state index contributed by atoms with van der Waals surface area (Å²) in [4.78, 5) is 0. The van der Waals surface area contributed by atoms with Crippen LogP contribution >= 0.6 is 11.6 Å². The topological polar surface area (TPSA) is 0 Å². The molecule has 0 heterocycles. The van der Waals surface area contributed by atoms with Gasteiger partial charge in [0.15, 0.2) is 0 Å². The predicted octanol–water partition coefficient (Wildman–Crippen LogP) is 1.36. The maximum atomic E-state index is 12.7. The number of hydrogen-bond donors (Lipinski definition) is 0. The Kier molecular flexibility index (Phi) is 2.33. The Hall–Kier alpha value is -0.495. The van der Waals surface area contributed by atoms with Crippen LogP contribution in [0.3, 0.4) is 0 Å². The molecule has 2 radical (unpaired) electrons. The van der Waals surface area contributed by atoms with Crippen LogP contribution in [0.15, 0.2) is 18.2 Å². The van der Waals surface area contributed by atoms with Gasteiger partial charge in [0.05, 0.1) is 0 Å². The van der Waals surface area contributed by atoms with E-state index in [4.69, 9.17) is 19.4 Å². The van der Waals surface area contributed by atoms with Crippen LogP contribution in [0.4, 0.5) is 4.39 Å². The number of halogens is 2. The molecule has 0 aromatic heterocycles. The average Bonchev–Trinajstić information content (AvgIpc) is 1.88. The van der Waals surface area contributed by atoms with Crippen molar-refractivity contribution in [2.75, 3.05) is 0 Å². The highest BCUT2D eigenvalue weighted by atomic mass is 35.5. The molecule has 0 bridgehead atoms. The van der Waals surface area contributed by atoms with E-state index in [0.717, 1.165) is 0 Å². The van der Waals surface area contributed by atoms with Crippen LogP contribution in [0, 0.1) is 5.82 Å². The van der Waals surface area contributed by atoms with E-state index in [9.17, 15) is 4.39 Å². The molecule has 0 spiro atoms. The summed E-state index contributed by atoms with van der Waals surface area (Å²) in [6.45, 7) is 0. The first-order chi connectivity index (χ1) is 4.75. The zero-order valence-corrected chi connectivity index (χ0v) is 6.03. The van der Waals surface area contributed by atoms with Gasteiger partial charge < -0.3 is 0 Å². The summed E-state index contributed by atoms with van der Waals surface area (Å²) in [5, 5.41) is 0. The van der Waals surface area contributed by atoms with Crippen molar-refractivity contribution in [2.24, 2.45) is 0 Å². The first-order valence-corrected chi connectivity index (χ1v) is 3.38. The summed E-state index contributed by atoms with van der Waals surface area (Å²) < 4.78 is 12.7. The van der Waals surface area contributed by atoms with Gasteiger partial charge in [-0.1, -0.05) is 17.6 Å². The lowest BCUT2D eigenvalue weighted by Crippen LogP contribution is -2.10. The van der Waals surface area contributed by atoms with E-state index in [1.807, 2.05) is 0 Å². The molecule has 0 unspecified atom stereocenters. The molecule has 1 aromatic rings. The summed E-state index contributed by atoms with van der Waals surface area (Å²) in [5.74, 6) is -0.214. The molecular formula is C7H5BClF. The third-order valence-electron chi connectivity index (χ3n) is 1.29. The first-order valence-electron chi connectivity index (χ1n) is 2.84. The molecule has 1 rings (SSSR count). The molecule has 0 saturated heterocycles. The van der Waals surface area contributed by atoms with Crippen LogP contribution in [0.1, 0.15) is 5.56 Å². The summed E-state index contributed by atoms with van der Waals surface area (Å²) in [5.41, 5.74) is 0.791. The summed E-state index contributed by atoms with van der Waals surface area (Å²) in [6.07, 6.45) is 0. The molecule has 3 heteroatoms. The van der Waals surface area contributed by atoms with Crippen molar-refractivity contribution in [3.63, 3.8) is 0 Å². The summed E-state index contributed by atoms with van der Waals surface area (Å²) >= 11 is 5.42. The second-order valence-corrected chi connectivity index (χ2v) is 2.21. The van der Waals surface area contributed by atoms with E-state index >= 15 is 0 Å². The lowest BCUT2D eigenvalue weighted by molar-refractivity contribution is 0.618. The Morgan fingerprint density at radius 1 is 1.50 bits per heavy atom. The Labute approximate surface area is 65.4 Å². The number of rotatable bonds is 1. The molecule has 0 saturated carbocycles. The van der Waals surface area contributed by atoms with E-state index in [0.29, 0.717) is 11.0 Å². The van der Waals surface area contributed by atoms with Crippen molar-refractivity contribution in [1.82, 2.24) is 0 Å². The van der Waals surface area contributed by atoms with E-state index in [2.05, 4.69) is 0 Å². The molecule has 10 heavy (non-hydrogen) atoms. The smallest absolute Gasteiger partial charge is 0.127 e. The Balaban J connectivity index is 3.17. The molecule has 0 amide bonds. The fourth-order valence-electron chi connectivity index (χ4n) is 0.716. The van der Waals surface area contributed by atoms with Gasteiger partial charge in [0.25, 0.3) is 0 Å². The van der Waals surface area contributed by atoms with Gasteiger partial charge in [-0.15, -0.1) is 11.6 Å². The van der Waals surface area contributed by atoms with Crippen LogP contribution in [0.2, 0.25) is 0 Å². The van der Waals surface area contributed by atoms with Crippen LogP contribution in [0.5, 0.6) is 0 Å². The number of benzene rings is 1. The van der Waals surface area contributed by atoms with Gasteiger partial charge in [-0.05, 0) is 11.6 Å². The van der Waals surface area contributed by atoms with Gasteiger partial charge in [-0.2, -0.15) is 0 Å². The quantitative estimate of drug-likeness (QED) is 0.423. The standard InChI is InChI=1S/C7H5BClF/c8-6-2-1-3-7(10)5(6)4-9/h1-3H,4H2. The monoisotopic (exact) mass is 154 g/mol. The molecule has 0 aliphatic rings. The third kappa shape index (κ3) is 1.32. The van der Waals surface area contributed by atoms with Crippen LogP contribution in [-0.2, 0) is 5.88 Å². The molecule has 1 aromatic carbocycles. The molecule has 0 N–H and O–H groups in total. The van der Waals surface area contributed by atoms with Crippen molar-refractivity contribution in [1.29, 1.82) is 0 Å². The minimum Gasteiger partial charge on any atom is -0.207 e. The maximum Gasteiger partial charge on any atom is 0.127 e. The average molecular weight is 154 g/mol. The summed E-state index contributed by atoms with van der Waals surface area (Å²) in [6, 6.07) is 4.52. The number of alkyl halides is 1. The van der Waals surface area contributed by atoms with Gasteiger partial charge in [0.2, 0.25) is 0 Å². The third-order valence-corrected chi connectivity index (χ3v) is 1.56. The highest BCUT2D eigenvalue weighted by Crippen LogP contribution is 2.05. The maximum absolute atomic E-state index is 12.7. The highest BCUT2D eigenvalue weighted by Gasteiger charge is 2.00. The van der Waals surface area contributed by atoms with Crippen LogP contribution in [-0.4, -0.2) is 7.85 Å². The normalized spacial score (nSPS) is 9.80. The van der Waals surface area contributed by atoms with E-state index < -0.39 is 0 Å². The minimum atomic E-state index is -0.338. The molecule has 0 fully saturated rings. The second-order valence-electron chi connectivity index (χ2n) is 1.94. The van der Waals surface area contributed by atoms with E-state index in [1.165, 1.54) is 6.07 Å².